The molecule has 1 aliphatic carbocycles. The van der Waals surface area contributed by atoms with E-state index >= 15 is 0 Å². The van der Waals surface area contributed by atoms with Gasteiger partial charge in [0.1, 0.15) is 6.10 Å². The van der Waals surface area contributed by atoms with Crippen LogP contribution in [0.2, 0.25) is 0 Å². The van der Waals surface area contributed by atoms with Crippen LogP contribution >= 0.6 is 0 Å². The minimum atomic E-state index is 0.0243. The summed E-state index contributed by atoms with van der Waals surface area (Å²) in [5, 5.41) is 3.25. The molecule has 0 bridgehead atoms. The van der Waals surface area contributed by atoms with Crippen molar-refractivity contribution in [3.8, 4) is 0 Å². The third-order valence-electron chi connectivity index (χ3n) is 4.12. The normalized spacial score (nSPS) is 39.6. The molecule has 2 aliphatic rings. The summed E-state index contributed by atoms with van der Waals surface area (Å²) in [6.07, 6.45) is 4.93. The zero-order valence-corrected chi connectivity index (χ0v) is 10.4. The van der Waals surface area contributed by atoms with Gasteiger partial charge in [-0.25, -0.2) is 0 Å². The van der Waals surface area contributed by atoms with Crippen LogP contribution in [0.1, 0.15) is 39.5 Å². The molecule has 1 saturated heterocycles. The molecule has 0 aromatic heterocycles. The molecule has 2 fully saturated rings. The van der Waals surface area contributed by atoms with Crippen LogP contribution in [0.5, 0.6) is 0 Å². The first-order valence-corrected chi connectivity index (χ1v) is 6.59. The Morgan fingerprint density at radius 2 is 1.88 bits per heavy atom. The van der Waals surface area contributed by atoms with Gasteiger partial charge in [0.15, 0.2) is 0 Å². The van der Waals surface area contributed by atoms with Crippen molar-refractivity contribution in [2.45, 2.75) is 45.6 Å². The minimum Gasteiger partial charge on any atom is -0.462 e. The fourth-order valence-corrected chi connectivity index (χ4v) is 2.82. The summed E-state index contributed by atoms with van der Waals surface area (Å²) in [7, 11) is 0. The van der Waals surface area contributed by atoms with Gasteiger partial charge in [0, 0.05) is 6.54 Å². The maximum atomic E-state index is 12.0. The van der Waals surface area contributed by atoms with E-state index in [1.165, 1.54) is 19.3 Å². The summed E-state index contributed by atoms with van der Waals surface area (Å²) >= 11 is 0. The van der Waals surface area contributed by atoms with Crippen molar-refractivity contribution < 1.29 is 9.53 Å². The van der Waals surface area contributed by atoms with Gasteiger partial charge in [0.05, 0.1) is 5.92 Å². The summed E-state index contributed by atoms with van der Waals surface area (Å²) in [6, 6.07) is 0. The molecule has 16 heavy (non-hydrogen) atoms. The molecule has 0 aromatic carbocycles. The first-order valence-electron chi connectivity index (χ1n) is 6.59. The van der Waals surface area contributed by atoms with Crippen LogP contribution in [-0.2, 0) is 9.53 Å². The van der Waals surface area contributed by atoms with Crippen molar-refractivity contribution in [2.24, 2.45) is 17.8 Å². The van der Waals surface area contributed by atoms with Gasteiger partial charge in [-0.15, -0.1) is 0 Å². The number of nitrogens with one attached hydrogen (secondary N) is 1. The number of carbonyl (C=O) groups is 1. The molecular weight excluding hydrogens is 202 g/mol. The van der Waals surface area contributed by atoms with Crippen LogP contribution in [0.3, 0.4) is 0 Å². The molecule has 1 heterocycles. The van der Waals surface area contributed by atoms with Gasteiger partial charge < -0.3 is 10.1 Å². The summed E-state index contributed by atoms with van der Waals surface area (Å²) in [6.45, 7) is 6.06. The van der Waals surface area contributed by atoms with Gasteiger partial charge in [0.25, 0.3) is 0 Å². The number of hydrogen-bond acceptors (Lipinski definition) is 3. The highest BCUT2D eigenvalue weighted by Gasteiger charge is 2.33. The van der Waals surface area contributed by atoms with E-state index in [2.05, 4.69) is 19.2 Å². The lowest BCUT2D eigenvalue weighted by Gasteiger charge is -2.29. The van der Waals surface area contributed by atoms with Crippen LogP contribution in [0, 0.1) is 17.8 Å². The number of hydrogen-bond donors (Lipinski definition) is 1. The van der Waals surface area contributed by atoms with Crippen LogP contribution in [-0.4, -0.2) is 25.2 Å². The lowest BCUT2D eigenvalue weighted by molar-refractivity contribution is -0.158. The smallest absolute Gasteiger partial charge is 0.310 e. The molecule has 0 spiro atoms. The third kappa shape index (κ3) is 2.57. The standard InChI is InChI=1S/C13H23NO2/c1-9-5-3-4-6-12(9)16-13(15)11-8-14-7-10(11)2/h9-12,14H,3-8H2,1-2H3/t9?,10-,11-,12?/m1/s1. The molecule has 92 valence electrons. The average molecular weight is 225 g/mol. The Hall–Kier alpha value is -0.570. The topological polar surface area (TPSA) is 38.3 Å². The summed E-state index contributed by atoms with van der Waals surface area (Å²) in [4.78, 5) is 12.0. The highest BCUT2D eigenvalue weighted by Crippen LogP contribution is 2.28. The highest BCUT2D eigenvalue weighted by molar-refractivity contribution is 5.73. The molecule has 0 aromatic rings. The molecule has 4 atom stereocenters. The third-order valence-corrected chi connectivity index (χ3v) is 4.12. The van der Waals surface area contributed by atoms with Crippen molar-refractivity contribution in [1.29, 1.82) is 0 Å². The van der Waals surface area contributed by atoms with Crippen LogP contribution in [0.15, 0.2) is 0 Å². The maximum Gasteiger partial charge on any atom is 0.310 e. The number of ether oxygens (including phenoxy) is 1. The van der Waals surface area contributed by atoms with E-state index in [1.807, 2.05) is 0 Å². The van der Waals surface area contributed by atoms with E-state index in [4.69, 9.17) is 4.74 Å². The lowest BCUT2D eigenvalue weighted by atomic mass is 9.87. The largest absolute Gasteiger partial charge is 0.462 e. The van der Waals surface area contributed by atoms with Crippen LogP contribution < -0.4 is 5.32 Å². The molecule has 2 unspecified atom stereocenters. The first-order chi connectivity index (χ1) is 7.68. The molecule has 1 N–H and O–H groups in total. The fraction of sp³-hybridized carbons (Fsp3) is 0.923. The quantitative estimate of drug-likeness (QED) is 0.730. The van der Waals surface area contributed by atoms with Gasteiger partial charge in [-0.2, -0.15) is 0 Å². The van der Waals surface area contributed by atoms with E-state index in [-0.39, 0.29) is 18.0 Å². The monoisotopic (exact) mass is 225 g/mol. The van der Waals surface area contributed by atoms with Crippen molar-refractivity contribution in [1.82, 2.24) is 5.32 Å². The van der Waals surface area contributed by atoms with Gasteiger partial charge in [-0.05, 0) is 37.6 Å². The summed E-state index contributed by atoms with van der Waals surface area (Å²) in [5.74, 6) is 1.07. The van der Waals surface area contributed by atoms with Crippen LogP contribution in [0.25, 0.3) is 0 Å². The zero-order valence-electron chi connectivity index (χ0n) is 10.4. The molecule has 0 radical (unpaired) electrons. The number of carbonyl (C=O) groups excluding carboxylic acids is 1. The van der Waals surface area contributed by atoms with Gasteiger partial charge in [-0.3, -0.25) is 4.79 Å². The maximum absolute atomic E-state index is 12.0. The molecule has 0 amide bonds. The Labute approximate surface area is 97.9 Å². The summed E-state index contributed by atoms with van der Waals surface area (Å²) in [5.41, 5.74) is 0. The predicted octanol–water partition coefficient (Wildman–Crippen LogP) is 1.96. The first kappa shape index (κ1) is 11.9. The second-order valence-corrected chi connectivity index (χ2v) is 5.48. The Kier molecular flexibility index (Phi) is 3.85. The van der Waals surface area contributed by atoms with Crippen LogP contribution in [0.4, 0.5) is 0 Å². The molecule has 3 heteroatoms. The van der Waals surface area contributed by atoms with E-state index < -0.39 is 0 Å². The van der Waals surface area contributed by atoms with Gasteiger partial charge in [-0.1, -0.05) is 20.3 Å². The SMILES string of the molecule is CC1CCCCC1OC(=O)[C@@H]1CNC[C@H]1C. The molecule has 1 aliphatic heterocycles. The van der Waals surface area contributed by atoms with Crippen molar-refractivity contribution in [2.75, 3.05) is 13.1 Å². The van der Waals surface area contributed by atoms with E-state index in [9.17, 15) is 4.79 Å². The van der Waals surface area contributed by atoms with Gasteiger partial charge in [0.2, 0.25) is 0 Å². The fourth-order valence-electron chi connectivity index (χ4n) is 2.82. The highest BCUT2D eigenvalue weighted by atomic mass is 16.5. The molecule has 2 rings (SSSR count). The second kappa shape index (κ2) is 5.17. The van der Waals surface area contributed by atoms with Gasteiger partial charge >= 0.3 is 5.97 Å². The zero-order chi connectivity index (χ0) is 11.5. The Bertz CT molecular complexity index is 254. The van der Waals surface area contributed by atoms with E-state index in [1.54, 1.807) is 0 Å². The van der Waals surface area contributed by atoms with Crippen molar-refractivity contribution >= 4 is 5.97 Å². The van der Waals surface area contributed by atoms with Crippen molar-refractivity contribution in [3.05, 3.63) is 0 Å². The lowest BCUT2D eigenvalue weighted by Crippen LogP contribution is -2.33. The Morgan fingerprint density at radius 3 is 2.50 bits per heavy atom. The average Bonchev–Trinajstić information content (AvgIpc) is 2.68. The Morgan fingerprint density at radius 1 is 1.12 bits per heavy atom. The van der Waals surface area contributed by atoms with E-state index in [0.29, 0.717) is 11.8 Å². The summed E-state index contributed by atoms with van der Waals surface area (Å²) < 4.78 is 5.68. The molecular formula is C13H23NO2. The number of esters is 1. The molecule has 3 nitrogen and oxygen atoms in total. The second-order valence-electron chi connectivity index (χ2n) is 5.48. The number of rotatable bonds is 2. The predicted molar refractivity (Wildman–Crippen MR) is 63.0 cm³/mol. The minimum absolute atomic E-state index is 0.0243. The van der Waals surface area contributed by atoms with Crippen molar-refractivity contribution in [3.63, 3.8) is 0 Å². The Balaban J connectivity index is 1.86. The van der Waals surface area contributed by atoms with E-state index in [0.717, 1.165) is 19.5 Å². The molecule has 1 saturated carbocycles.